The van der Waals surface area contributed by atoms with Gasteiger partial charge in [0.1, 0.15) is 5.75 Å². The van der Waals surface area contributed by atoms with Crippen LogP contribution < -0.4 is 4.74 Å². The lowest BCUT2D eigenvalue weighted by Crippen LogP contribution is -1.89. The molecule has 0 amide bonds. The lowest BCUT2D eigenvalue weighted by atomic mass is 10.1. The molecule has 0 atom stereocenters. The Kier molecular flexibility index (Phi) is 2.50. The zero-order chi connectivity index (χ0) is 9.97. The van der Waals surface area contributed by atoms with Gasteiger partial charge >= 0.3 is 0 Å². The number of hydrogen-bond acceptors (Lipinski definition) is 3. The highest BCUT2D eigenvalue weighted by molar-refractivity contribution is 7.11. The quantitative estimate of drug-likeness (QED) is 0.748. The van der Waals surface area contributed by atoms with Gasteiger partial charge in [0.25, 0.3) is 5.19 Å². The molecular weight excluding hydrogens is 194 g/mol. The van der Waals surface area contributed by atoms with Gasteiger partial charge in [-0.15, -0.1) is 0 Å². The fourth-order valence-electron chi connectivity index (χ4n) is 1.31. The van der Waals surface area contributed by atoms with Crippen molar-refractivity contribution in [2.75, 3.05) is 0 Å². The van der Waals surface area contributed by atoms with E-state index in [4.69, 9.17) is 4.74 Å². The summed E-state index contributed by atoms with van der Waals surface area (Å²) < 4.78 is 5.69. The lowest BCUT2D eigenvalue weighted by molar-refractivity contribution is 0.471. The number of ether oxygens (including phenoxy) is 1. The summed E-state index contributed by atoms with van der Waals surface area (Å²) >= 11 is 1.50. The van der Waals surface area contributed by atoms with Crippen LogP contribution in [0.2, 0.25) is 0 Å². The SMILES string of the molecule is Cc1cccc(C)c1Oc1nccs1. The number of hydrogen-bond donors (Lipinski definition) is 0. The van der Waals surface area contributed by atoms with Crippen LogP contribution in [0.4, 0.5) is 0 Å². The summed E-state index contributed by atoms with van der Waals surface area (Å²) in [6, 6.07) is 6.10. The molecule has 0 saturated heterocycles. The van der Waals surface area contributed by atoms with Gasteiger partial charge in [0.15, 0.2) is 0 Å². The van der Waals surface area contributed by atoms with E-state index in [9.17, 15) is 0 Å². The van der Waals surface area contributed by atoms with Gasteiger partial charge < -0.3 is 4.74 Å². The van der Waals surface area contributed by atoms with E-state index in [1.165, 1.54) is 11.3 Å². The fourth-order valence-corrected chi connectivity index (χ4v) is 1.80. The van der Waals surface area contributed by atoms with E-state index in [-0.39, 0.29) is 0 Å². The average molecular weight is 205 g/mol. The Morgan fingerprint density at radius 1 is 1.21 bits per heavy atom. The van der Waals surface area contributed by atoms with E-state index >= 15 is 0 Å². The molecule has 2 nitrogen and oxygen atoms in total. The molecule has 1 aromatic heterocycles. The molecule has 0 aliphatic rings. The summed E-state index contributed by atoms with van der Waals surface area (Å²) in [5, 5.41) is 2.60. The van der Waals surface area contributed by atoms with Crippen molar-refractivity contribution in [3.8, 4) is 10.9 Å². The van der Waals surface area contributed by atoms with Gasteiger partial charge in [-0.05, 0) is 25.0 Å². The van der Waals surface area contributed by atoms with Crippen molar-refractivity contribution in [3.63, 3.8) is 0 Å². The number of benzene rings is 1. The highest BCUT2D eigenvalue weighted by atomic mass is 32.1. The number of rotatable bonds is 2. The van der Waals surface area contributed by atoms with Crippen molar-refractivity contribution in [3.05, 3.63) is 40.9 Å². The molecule has 0 spiro atoms. The van der Waals surface area contributed by atoms with Crippen molar-refractivity contribution in [1.82, 2.24) is 4.98 Å². The van der Waals surface area contributed by atoms with Crippen LogP contribution in [0.1, 0.15) is 11.1 Å². The predicted octanol–water partition coefficient (Wildman–Crippen LogP) is 3.55. The number of aryl methyl sites for hydroxylation is 2. The Labute approximate surface area is 87.2 Å². The van der Waals surface area contributed by atoms with E-state index in [2.05, 4.69) is 4.98 Å². The molecule has 0 radical (unpaired) electrons. The van der Waals surface area contributed by atoms with Gasteiger partial charge in [-0.25, -0.2) is 4.98 Å². The first-order chi connectivity index (χ1) is 6.77. The minimum absolute atomic E-state index is 0.697. The summed E-state index contributed by atoms with van der Waals surface area (Å²) in [6.45, 7) is 4.08. The summed E-state index contributed by atoms with van der Waals surface area (Å²) in [4.78, 5) is 4.09. The van der Waals surface area contributed by atoms with Crippen LogP contribution in [0.25, 0.3) is 0 Å². The standard InChI is InChI=1S/C11H11NOS/c1-8-4-3-5-9(2)10(8)13-11-12-6-7-14-11/h3-7H,1-2H3. The fraction of sp³-hybridized carbons (Fsp3) is 0.182. The maximum absolute atomic E-state index is 5.69. The predicted molar refractivity (Wildman–Crippen MR) is 58.1 cm³/mol. The third kappa shape index (κ3) is 1.77. The molecule has 2 rings (SSSR count). The second-order valence-corrected chi connectivity index (χ2v) is 3.98. The number of aromatic nitrogens is 1. The van der Waals surface area contributed by atoms with E-state index in [1.807, 2.05) is 37.4 Å². The Bertz CT molecular complexity index is 403. The van der Waals surface area contributed by atoms with E-state index in [0.29, 0.717) is 5.19 Å². The molecule has 0 aliphatic heterocycles. The van der Waals surface area contributed by atoms with E-state index in [0.717, 1.165) is 16.9 Å². The Balaban J connectivity index is 2.33. The monoisotopic (exact) mass is 205 g/mol. The molecule has 3 heteroatoms. The molecule has 2 aromatic rings. The topological polar surface area (TPSA) is 22.1 Å². The van der Waals surface area contributed by atoms with Gasteiger partial charge in [0.05, 0.1) is 0 Å². The second kappa shape index (κ2) is 3.80. The Morgan fingerprint density at radius 3 is 2.50 bits per heavy atom. The highest BCUT2D eigenvalue weighted by Gasteiger charge is 2.05. The molecule has 0 unspecified atom stereocenters. The minimum Gasteiger partial charge on any atom is -0.430 e. The van der Waals surface area contributed by atoms with Crippen LogP contribution in [0.15, 0.2) is 29.8 Å². The largest absolute Gasteiger partial charge is 0.430 e. The van der Waals surface area contributed by atoms with Crippen LogP contribution in [0.5, 0.6) is 10.9 Å². The second-order valence-electron chi connectivity index (χ2n) is 3.12. The first kappa shape index (κ1) is 9.21. The molecule has 0 N–H and O–H groups in total. The molecule has 1 aromatic carbocycles. The average Bonchev–Trinajstić information content (AvgIpc) is 2.64. The van der Waals surface area contributed by atoms with Crippen molar-refractivity contribution in [1.29, 1.82) is 0 Å². The molecule has 0 aliphatic carbocycles. The zero-order valence-electron chi connectivity index (χ0n) is 8.15. The van der Waals surface area contributed by atoms with Gasteiger partial charge in [-0.1, -0.05) is 29.5 Å². The van der Waals surface area contributed by atoms with Crippen LogP contribution in [-0.4, -0.2) is 4.98 Å². The molecule has 0 fully saturated rings. The van der Waals surface area contributed by atoms with Crippen molar-refractivity contribution < 1.29 is 4.74 Å². The number of nitrogens with zero attached hydrogens (tertiary/aromatic N) is 1. The first-order valence-corrected chi connectivity index (χ1v) is 5.29. The smallest absolute Gasteiger partial charge is 0.278 e. The maximum atomic E-state index is 5.69. The van der Waals surface area contributed by atoms with Crippen LogP contribution in [0.3, 0.4) is 0 Å². The van der Waals surface area contributed by atoms with Gasteiger partial charge in [0, 0.05) is 11.6 Å². The van der Waals surface area contributed by atoms with Crippen molar-refractivity contribution in [2.45, 2.75) is 13.8 Å². The molecule has 0 saturated carbocycles. The number of para-hydroxylation sites is 1. The van der Waals surface area contributed by atoms with Gasteiger partial charge in [-0.3, -0.25) is 0 Å². The van der Waals surface area contributed by atoms with E-state index < -0.39 is 0 Å². The summed E-state index contributed by atoms with van der Waals surface area (Å²) in [7, 11) is 0. The number of thiazole rings is 1. The maximum Gasteiger partial charge on any atom is 0.278 e. The van der Waals surface area contributed by atoms with Crippen molar-refractivity contribution >= 4 is 11.3 Å². The minimum atomic E-state index is 0.697. The first-order valence-electron chi connectivity index (χ1n) is 4.41. The summed E-state index contributed by atoms with van der Waals surface area (Å²) in [5.41, 5.74) is 2.28. The zero-order valence-corrected chi connectivity index (χ0v) is 8.97. The molecule has 1 heterocycles. The van der Waals surface area contributed by atoms with Gasteiger partial charge in [0.2, 0.25) is 0 Å². The van der Waals surface area contributed by atoms with Crippen LogP contribution in [0, 0.1) is 13.8 Å². The van der Waals surface area contributed by atoms with Crippen molar-refractivity contribution in [2.24, 2.45) is 0 Å². The summed E-state index contributed by atoms with van der Waals surface area (Å²) in [5.74, 6) is 0.919. The molecule has 0 bridgehead atoms. The Hall–Kier alpha value is -1.35. The van der Waals surface area contributed by atoms with E-state index in [1.54, 1.807) is 6.20 Å². The molecule has 72 valence electrons. The normalized spacial score (nSPS) is 10.1. The van der Waals surface area contributed by atoms with Crippen LogP contribution >= 0.6 is 11.3 Å². The third-order valence-corrected chi connectivity index (χ3v) is 2.66. The summed E-state index contributed by atoms with van der Waals surface area (Å²) in [6.07, 6.45) is 1.74. The highest BCUT2D eigenvalue weighted by Crippen LogP contribution is 2.29. The Morgan fingerprint density at radius 2 is 1.93 bits per heavy atom. The molecule has 14 heavy (non-hydrogen) atoms. The molecular formula is C11H11NOS. The van der Waals surface area contributed by atoms with Crippen LogP contribution in [-0.2, 0) is 0 Å². The third-order valence-electron chi connectivity index (χ3n) is 2.01. The van der Waals surface area contributed by atoms with Gasteiger partial charge in [-0.2, -0.15) is 0 Å². The lowest BCUT2D eigenvalue weighted by Gasteiger charge is -2.08.